The number of ketones is 1. The van der Waals surface area contributed by atoms with Gasteiger partial charge in [-0.05, 0) is 47.6 Å². The van der Waals surface area contributed by atoms with Gasteiger partial charge in [-0.3, -0.25) is 4.79 Å². The minimum Gasteiger partial charge on any atom is -0.369 e. The lowest BCUT2D eigenvalue weighted by Gasteiger charge is -2.29. The van der Waals surface area contributed by atoms with E-state index in [1.54, 1.807) is 0 Å². The Morgan fingerprint density at radius 3 is 2.39 bits per heavy atom. The first-order chi connectivity index (χ1) is 13.6. The van der Waals surface area contributed by atoms with E-state index in [9.17, 15) is 4.79 Å². The van der Waals surface area contributed by atoms with Crippen molar-refractivity contribution in [2.75, 3.05) is 31.1 Å². The minimum atomic E-state index is 0.0139. The van der Waals surface area contributed by atoms with Gasteiger partial charge >= 0.3 is 0 Å². The molecule has 1 saturated heterocycles. The van der Waals surface area contributed by atoms with Crippen molar-refractivity contribution in [2.24, 2.45) is 5.92 Å². The maximum Gasteiger partial charge on any atom is 0.140 e. The molecule has 1 atom stereocenters. The summed E-state index contributed by atoms with van der Waals surface area (Å²) in [5, 5.41) is 3.40. The van der Waals surface area contributed by atoms with Crippen molar-refractivity contribution in [3.8, 4) is 11.1 Å². The quantitative estimate of drug-likeness (QED) is 0.680. The minimum absolute atomic E-state index is 0.0139. The van der Waals surface area contributed by atoms with Crippen molar-refractivity contribution >= 4 is 11.5 Å². The number of nitrogens with one attached hydrogen (secondary N) is 1. The molecule has 1 aliphatic rings. The standard InChI is InChI=1S/C25H34N2O/c1-4-6-25(28)24(17-19(2)3)22-8-5-7-21(18-22)20-9-11-23(12-10-20)27-15-13-26-14-16-27/h5,7-12,18-19,24,26H,4,6,13-17H2,1-3H3/t24-/m1/s1. The van der Waals surface area contributed by atoms with Gasteiger partial charge in [0.2, 0.25) is 0 Å². The number of carbonyl (C=O) groups is 1. The summed E-state index contributed by atoms with van der Waals surface area (Å²) in [6.45, 7) is 10.7. The molecule has 3 heteroatoms. The first-order valence-corrected chi connectivity index (χ1v) is 10.8. The highest BCUT2D eigenvalue weighted by Crippen LogP contribution is 2.31. The van der Waals surface area contributed by atoms with Gasteiger partial charge in [0.25, 0.3) is 0 Å². The van der Waals surface area contributed by atoms with Crippen molar-refractivity contribution in [1.82, 2.24) is 5.32 Å². The van der Waals surface area contributed by atoms with E-state index in [0.717, 1.165) is 44.6 Å². The summed E-state index contributed by atoms with van der Waals surface area (Å²) in [5.41, 5.74) is 4.86. The van der Waals surface area contributed by atoms with E-state index in [1.165, 1.54) is 16.8 Å². The number of nitrogens with zero attached hydrogens (tertiary/aromatic N) is 1. The summed E-state index contributed by atoms with van der Waals surface area (Å²) < 4.78 is 0. The molecule has 150 valence electrons. The molecule has 28 heavy (non-hydrogen) atoms. The fourth-order valence-corrected chi connectivity index (χ4v) is 4.07. The Morgan fingerprint density at radius 1 is 1.04 bits per heavy atom. The normalized spacial score (nSPS) is 15.6. The van der Waals surface area contributed by atoms with Crippen LogP contribution in [0.5, 0.6) is 0 Å². The molecule has 0 spiro atoms. The Hall–Kier alpha value is -2.13. The molecule has 1 aliphatic heterocycles. The predicted octanol–water partition coefficient (Wildman–Crippen LogP) is 5.26. The monoisotopic (exact) mass is 378 g/mol. The Balaban J connectivity index is 1.82. The second kappa shape index (κ2) is 9.88. The van der Waals surface area contributed by atoms with Crippen molar-refractivity contribution in [2.45, 2.75) is 46.0 Å². The molecule has 3 nitrogen and oxygen atoms in total. The summed E-state index contributed by atoms with van der Waals surface area (Å²) >= 11 is 0. The SMILES string of the molecule is CCCC(=O)[C@H](CC(C)C)c1cccc(-c2ccc(N3CCNCC3)cc2)c1. The highest BCUT2D eigenvalue weighted by Gasteiger charge is 2.21. The van der Waals surface area contributed by atoms with Crippen molar-refractivity contribution in [3.05, 3.63) is 54.1 Å². The van der Waals surface area contributed by atoms with E-state index in [4.69, 9.17) is 0 Å². The first-order valence-electron chi connectivity index (χ1n) is 10.8. The van der Waals surface area contributed by atoms with Crippen LogP contribution in [-0.4, -0.2) is 32.0 Å². The molecule has 1 heterocycles. The maximum absolute atomic E-state index is 12.7. The number of benzene rings is 2. The molecule has 2 aromatic carbocycles. The van der Waals surface area contributed by atoms with Crippen LogP contribution in [0.1, 0.15) is 51.5 Å². The van der Waals surface area contributed by atoms with E-state index in [-0.39, 0.29) is 5.92 Å². The fourth-order valence-electron chi connectivity index (χ4n) is 4.07. The smallest absolute Gasteiger partial charge is 0.140 e. The highest BCUT2D eigenvalue weighted by atomic mass is 16.1. The van der Waals surface area contributed by atoms with Gasteiger partial charge in [0, 0.05) is 44.2 Å². The molecule has 0 saturated carbocycles. The zero-order valence-electron chi connectivity index (χ0n) is 17.6. The summed E-state index contributed by atoms with van der Waals surface area (Å²) in [6, 6.07) is 17.5. The first kappa shape index (κ1) is 20.6. The van der Waals surface area contributed by atoms with E-state index in [1.807, 2.05) is 0 Å². The average Bonchev–Trinajstić information content (AvgIpc) is 2.73. The van der Waals surface area contributed by atoms with Crippen LogP contribution >= 0.6 is 0 Å². The molecular formula is C25H34N2O. The molecule has 0 amide bonds. The van der Waals surface area contributed by atoms with Crippen LogP contribution in [0.2, 0.25) is 0 Å². The Bertz CT molecular complexity index is 760. The number of carbonyl (C=O) groups excluding carboxylic acids is 1. The van der Waals surface area contributed by atoms with Crippen LogP contribution in [0, 0.1) is 5.92 Å². The average molecular weight is 379 g/mol. The van der Waals surface area contributed by atoms with Crippen LogP contribution in [0.3, 0.4) is 0 Å². The molecule has 3 rings (SSSR count). The molecule has 0 bridgehead atoms. The van der Waals surface area contributed by atoms with Gasteiger partial charge in [0.1, 0.15) is 5.78 Å². The summed E-state index contributed by atoms with van der Waals surface area (Å²) in [5.74, 6) is 0.898. The third-order valence-corrected chi connectivity index (χ3v) is 5.56. The number of anilines is 1. The molecule has 1 N–H and O–H groups in total. The van der Waals surface area contributed by atoms with E-state index in [0.29, 0.717) is 18.1 Å². The molecule has 0 radical (unpaired) electrons. The fraction of sp³-hybridized carbons (Fsp3) is 0.480. The molecular weight excluding hydrogens is 344 g/mol. The van der Waals surface area contributed by atoms with Crippen molar-refractivity contribution < 1.29 is 4.79 Å². The molecule has 2 aromatic rings. The van der Waals surface area contributed by atoms with E-state index in [2.05, 4.69) is 79.5 Å². The van der Waals surface area contributed by atoms with Gasteiger partial charge in [-0.15, -0.1) is 0 Å². The summed E-state index contributed by atoms with van der Waals surface area (Å²) in [4.78, 5) is 15.2. The summed E-state index contributed by atoms with van der Waals surface area (Å²) in [7, 11) is 0. The molecule has 0 aliphatic carbocycles. The molecule has 0 unspecified atom stereocenters. The largest absolute Gasteiger partial charge is 0.369 e. The highest BCUT2D eigenvalue weighted by molar-refractivity contribution is 5.86. The van der Waals surface area contributed by atoms with Crippen LogP contribution in [0.4, 0.5) is 5.69 Å². The van der Waals surface area contributed by atoms with Gasteiger partial charge in [-0.2, -0.15) is 0 Å². The Labute approximate surface area is 170 Å². The van der Waals surface area contributed by atoms with Crippen molar-refractivity contribution in [1.29, 1.82) is 0 Å². The number of hydrogen-bond acceptors (Lipinski definition) is 3. The number of piperazine rings is 1. The van der Waals surface area contributed by atoms with E-state index >= 15 is 0 Å². The topological polar surface area (TPSA) is 32.3 Å². The van der Waals surface area contributed by atoms with Crippen LogP contribution in [0.15, 0.2) is 48.5 Å². The van der Waals surface area contributed by atoms with Gasteiger partial charge in [0.15, 0.2) is 0 Å². The number of Topliss-reactive ketones (excluding diaryl/α,β-unsaturated/α-hetero) is 1. The Kier molecular flexibility index (Phi) is 7.27. The van der Waals surface area contributed by atoms with Crippen molar-refractivity contribution in [3.63, 3.8) is 0 Å². The summed E-state index contributed by atoms with van der Waals surface area (Å²) in [6.07, 6.45) is 2.51. The van der Waals surface area contributed by atoms with Gasteiger partial charge in [0.05, 0.1) is 0 Å². The third kappa shape index (κ3) is 5.23. The second-order valence-electron chi connectivity index (χ2n) is 8.31. The van der Waals surface area contributed by atoms with Crippen LogP contribution < -0.4 is 10.2 Å². The van der Waals surface area contributed by atoms with Gasteiger partial charge in [-0.25, -0.2) is 0 Å². The number of rotatable bonds is 8. The zero-order valence-corrected chi connectivity index (χ0v) is 17.6. The zero-order chi connectivity index (χ0) is 19.9. The lowest BCUT2D eigenvalue weighted by molar-refractivity contribution is -0.120. The lowest BCUT2D eigenvalue weighted by Crippen LogP contribution is -2.43. The van der Waals surface area contributed by atoms with Crippen LogP contribution in [-0.2, 0) is 4.79 Å². The number of hydrogen-bond donors (Lipinski definition) is 1. The lowest BCUT2D eigenvalue weighted by atomic mass is 9.84. The molecule has 1 fully saturated rings. The maximum atomic E-state index is 12.7. The third-order valence-electron chi connectivity index (χ3n) is 5.56. The van der Waals surface area contributed by atoms with Gasteiger partial charge in [-0.1, -0.05) is 57.2 Å². The van der Waals surface area contributed by atoms with E-state index < -0.39 is 0 Å². The Morgan fingerprint density at radius 2 is 1.75 bits per heavy atom. The van der Waals surface area contributed by atoms with Crippen LogP contribution in [0.25, 0.3) is 11.1 Å². The molecule has 0 aromatic heterocycles. The van der Waals surface area contributed by atoms with Gasteiger partial charge < -0.3 is 10.2 Å². The second-order valence-corrected chi connectivity index (χ2v) is 8.31. The predicted molar refractivity (Wildman–Crippen MR) is 119 cm³/mol.